The number of rotatable bonds is 3. The molecule has 1 aromatic rings. The highest BCUT2D eigenvalue weighted by Gasteiger charge is 2.30. The summed E-state index contributed by atoms with van der Waals surface area (Å²) >= 11 is 0. The highest BCUT2D eigenvalue weighted by Crippen LogP contribution is 2.19. The molecule has 0 radical (unpaired) electrons. The Morgan fingerprint density at radius 3 is 2.45 bits per heavy atom. The second kappa shape index (κ2) is 4.93. The van der Waals surface area contributed by atoms with Gasteiger partial charge in [0.2, 0.25) is 0 Å². The summed E-state index contributed by atoms with van der Waals surface area (Å²) in [4.78, 5) is 25.8. The van der Waals surface area contributed by atoms with Crippen LogP contribution in [0.15, 0.2) is 0 Å². The monoisotopic (exact) mass is 300 g/mol. The average molecular weight is 300 g/mol. The molecule has 1 atom stereocenters. The molecule has 110 valence electrons. The van der Waals surface area contributed by atoms with Crippen molar-refractivity contribution < 1.29 is 23.1 Å². The quantitative estimate of drug-likeness (QED) is 0.739. The average Bonchev–Trinajstić information content (AvgIpc) is 2.79. The van der Waals surface area contributed by atoms with Crippen LogP contribution in [0.4, 0.5) is 0 Å². The van der Waals surface area contributed by atoms with Gasteiger partial charge in [-0.3, -0.25) is 4.79 Å². The minimum absolute atomic E-state index is 0.0216. The molecule has 0 aromatic carbocycles. The third kappa shape index (κ3) is 2.69. The molecule has 1 unspecified atom stereocenters. The van der Waals surface area contributed by atoms with Gasteiger partial charge < -0.3 is 15.4 Å². The summed E-state index contributed by atoms with van der Waals surface area (Å²) in [6, 6.07) is -0.408. The van der Waals surface area contributed by atoms with Crippen molar-refractivity contribution >= 4 is 21.7 Å². The van der Waals surface area contributed by atoms with Gasteiger partial charge in [0.25, 0.3) is 5.91 Å². The van der Waals surface area contributed by atoms with E-state index in [0.717, 1.165) is 0 Å². The van der Waals surface area contributed by atoms with Gasteiger partial charge in [-0.15, -0.1) is 0 Å². The van der Waals surface area contributed by atoms with Crippen molar-refractivity contribution in [2.45, 2.75) is 26.3 Å². The normalized spacial score (nSPS) is 20.8. The summed E-state index contributed by atoms with van der Waals surface area (Å²) in [5, 5.41) is 11.6. The lowest BCUT2D eigenvalue weighted by atomic mass is 10.1. The van der Waals surface area contributed by atoms with Gasteiger partial charge in [0.05, 0.1) is 17.1 Å². The maximum Gasteiger partial charge on any atom is 0.352 e. The summed E-state index contributed by atoms with van der Waals surface area (Å²) < 4.78 is 22.7. The molecule has 1 aromatic heterocycles. The van der Waals surface area contributed by atoms with Crippen LogP contribution < -0.4 is 5.32 Å². The summed E-state index contributed by atoms with van der Waals surface area (Å²) in [6.45, 7) is 3.16. The Labute approximate surface area is 116 Å². The zero-order valence-electron chi connectivity index (χ0n) is 11.2. The van der Waals surface area contributed by atoms with E-state index in [4.69, 9.17) is 5.11 Å². The van der Waals surface area contributed by atoms with Crippen molar-refractivity contribution in [1.29, 1.82) is 0 Å². The molecular weight excluding hydrogens is 284 g/mol. The Morgan fingerprint density at radius 1 is 1.35 bits per heavy atom. The predicted octanol–water partition coefficient (Wildman–Crippen LogP) is 0.247. The maximum absolute atomic E-state index is 12.2. The zero-order chi connectivity index (χ0) is 15.1. The van der Waals surface area contributed by atoms with Crippen molar-refractivity contribution in [3.05, 3.63) is 22.5 Å². The fourth-order valence-electron chi connectivity index (χ4n) is 2.47. The number of carboxylic acid groups (broad SMARTS) is 1. The number of aryl methyl sites for hydroxylation is 1. The molecule has 20 heavy (non-hydrogen) atoms. The fraction of sp³-hybridized carbons (Fsp3) is 0.500. The summed E-state index contributed by atoms with van der Waals surface area (Å²) in [7, 11) is -3.07. The van der Waals surface area contributed by atoms with Gasteiger partial charge in [-0.25, -0.2) is 13.2 Å². The van der Waals surface area contributed by atoms with Gasteiger partial charge in [0, 0.05) is 11.7 Å². The molecule has 1 fully saturated rings. The van der Waals surface area contributed by atoms with Crippen LogP contribution in [0, 0.1) is 13.8 Å². The largest absolute Gasteiger partial charge is 0.477 e. The van der Waals surface area contributed by atoms with Crippen LogP contribution in [-0.4, -0.2) is 47.9 Å². The molecule has 8 heteroatoms. The number of sulfone groups is 1. The number of hydrogen-bond acceptors (Lipinski definition) is 4. The topological polar surface area (TPSA) is 116 Å². The molecule has 1 aliphatic heterocycles. The molecule has 0 saturated carbocycles. The van der Waals surface area contributed by atoms with Gasteiger partial charge in [-0.2, -0.15) is 0 Å². The number of carboxylic acids is 1. The molecule has 1 amide bonds. The lowest BCUT2D eigenvalue weighted by Crippen LogP contribution is -2.36. The Morgan fingerprint density at radius 2 is 2.00 bits per heavy atom. The number of aromatic nitrogens is 1. The highest BCUT2D eigenvalue weighted by molar-refractivity contribution is 7.91. The molecule has 0 bridgehead atoms. The molecule has 2 heterocycles. The van der Waals surface area contributed by atoms with E-state index < -0.39 is 27.8 Å². The lowest BCUT2D eigenvalue weighted by Gasteiger charge is -2.11. The first-order valence-corrected chi connectivity index (χ1v) is 7.97. The van der Waals surface area contributed by atoms with Gasteiger partial charge in [0.1, 0.15) is 5.69 Å². The van der Waals surface area contributed by atoms with Crippen LogP contribution in [0.2, 0.25) is 0 Å². The second-order valence-electron chi connectivity index (χ2n) is 5.00. The van der Waals surface area contributed by atoms with Crippen molar-refractivity contribution in [3.63, 3.8) is 0 Å². The molecule has 1 saturated heterocycles. The molecule has 7 nitrogen and oxygen atoms in total. The van der Waals surface area contributed by atoms with Crippen molar-refractivity contribution in [1.82, 2.24) is 10.3 Å². The van der Waals surface area contributed by atoms with Crippen molar-refractivity contribution in [2.24, 2.45) is 0 Å². The summed E-state index contributed by atoms with van der Waals surface area (Å²) in [5.41, 5.74) is 1.06. The van der Waals surface area contributed by atoms with Crippen molar-refractivity contribution in [2.75, 3.05) is 11.5 Å². The van der Waals surface area contributed by atoms with Crippen LogP contribution >= 0.6 is 0 Å². The number of nitrogens with one attached hydrogen (secondary N) is 2. The lowest BCUT2D eigenvalue weighted by molar-refractivity contribution is 0.0690. The van der Waals surface area contributed by atoms with E-state index in [-0.39, 0.29) is 22.8 Å². The highest BCUT2D eigenvalue weighted by atomic mass is 32.2. The third-order valence-corrected chi connectivity index (χ3v) is 5.21. The first-order valence-electron chi connectivity index (χ1n) is 6.15. The number of amides is 1. The van der Waals surface area contributed by atoms with Crippen molar-refractivity contribution in [3.8, 4) is 0 Å². The number of hydrogen-bond donors (Lipinski definition) is 3. The first-order chi connectivity index (χ1) is 9.21. The van der Waals surface area contributed by atoms with Crippen LogP contribution in [0.1, 0.15) is 38.5 Å². The van der Waals surface area contributed by atoms with E-state index in [1.165, 1.54) is 0 Å². The number of aromatic carboxylic acids is 1. The van der Waals surface area contributed by atoms with E-state index >= 15 is 0 Å². The Hall–Kier alpha value is -1.83. The molecule has 3 N–H and O–H groups in total. The minimum Gasteiger partial charge on any atom is -0.477 e. The SMILES string of the molecule is Cc1[nH]c(C(=O)O)c(C)c1C(=O)NC1CCS(=O)(=O)C1. The predicted molar refractivity (Wildman–Crippen MR) is 71.8 cm³/mol. The van der Waals surface area contributed by atoms with Crippen LogP contribution in [-0.2, 0) is 9.84 Å². The molecule has 0 aliphatic carbocycles. The maximum atomic E-state index is 12.2. The van der Waals surface area contributed by atoms with E-state index in [1.54, 1.807) is 13.8 Å². The molecule has 1 aliphatic rings. The number of carbonyl (C=O) groups is 2. The van der Waals surface area contributed by atoms with E-state index in [2.05, 4.69) is 10.3 Å². The number of H-pyrrole nitrogens is 1. The molecule has 0 spiro atoms. The van der Waals surface area contributed by atoms with Gasteiger partial charge in [-0.1, -0.05) is 0 Å². The van der Waals surface area contributed by atoms with E-state index in [0.29, 0.717) is 17.7 Å². The summed E-state index contributed by atoms with van der Waals surface area (Å²) in [5.74, 6) is -1.56. The van der Waals surface area contributed by atoms with Gasteiger partial charge >= 0.3 is 5.97 Å². The fourth-order valence-corrected chi connectivity index (χ4v) is 4.14. The Balaban J connectivity index is 2.20. The first kappa shape index (κ1) is 14.6. The smallest absolute Gasteiger partial charge is 0.352 e. The number of carbonyl (C=O) groups excluding carboxylic acids is 1. The van der Waals surface area contributed by atoms with Crippen LogP contribution in [0.5, 0.6) is 0 Å². The van der Waals surface area contributed by atoms with Gasteiger partial charge in [0.15, 0.2) is 9.84 Å². The molecular formula is C12H16N2O5S. The van der Waals surface area contributed by atoms with Crippen LogP contribution in [0.25, 0.3) is 0 Å². The summed E-state index contributed by atoms with van der Waals surface area (Å²) in [6.07, 6.45) is 0.391. The standard InChI is InChI=1S/C12H16N2O5S/c1-6-9(7(2)13-10(6)12(16)17)11(15)14-8-3-4-20(18,19)5-8/h8,13H,3-5H2,1-2H3,(H,14,15)(H,16,17). The van der Waals surface area contributed by atoms with Crippen LogP contribution in [0.3, 0.4) is 0 Å². The minimum atomic E-state index is -3.07. The Kier molecular flexibility index (Phi) is 3.59. The third-order valence-electron chi connectivity index (χ3n) is 3.45. The Bertz CT molecular complexity index is 674. The van der Waals surface area contributed by atoms with Gasteiger partial charge in [-0.05, 0) is 25.8 Å². The van der Waals surface area contributed by atoms with E-state index in [9.17, 15) is 18.0 Å². The number of aromatic amines is 1. The van der Waals surface area contributed by atoms with E-state index in [1.807, 2.05) is 0 Å². The second-order valence-corrected chi connectivity index (χ2v) is 7.23. The zero-order valence-corrected chi connectivity index (χ0v) is 12.0. The molecule has 2 rings (SSSR count).